The zero-order valence-corrected chi connectivity index (χ0v) is 8.69. The van der Waals surface area contributed by atoms with Crippen LogP contribution in [-0.4, -0.2) is 0 Å². The monoisotopic (exact) mass is 298 g/mol. The molecule has 0 spiro atoms. The lowest BCUT2D eigenvalue weighted by Crippen LogP contribution is -2.05. The smallest absolute Gasteiger partial charge is 0.166 e. The van der Waals surface area contributed by atoms with E-state index in [1.807, 2.05) is 22.6 Å². The Labute approximate surface area is 87.6 Å². The van der Waals surface area contributed by atoms with E-state index in [0.717, 1.165) is 12.1 Å². The van der Waals surface area contributed by atoms with Crippen molar-refractivity contribution < 1.29 is 13.2 Å². The predicted molar refractivity (Wildman–Crippen MR) is 54.3 cm³/mol. The van der Waals surface area contributed by atoms with Crippen LogP contribution in [0.1, 0.15) is 11.1 Å². The summed E-state index contributed by atoms with van der Waals surface area (Å²) >= 11 is 1.85. The van der Waals surface area contributed by atoms with Crippen LogP contribution in [0.25, 0.3) is 6.08 Å². The SMILES string of the molecule is C=Cc1ccc(C(F)(F)F)cc1I. The molecule has 0 amide bonds. The first kappa shape index (κ1) is 10.6. The fourth-order valence-electron chi connectivity index (χ4n) is 0.869. The van der Waals surface area contributed by atoms with Gasteiger partial charge in [-0.15, -0.1) is 0 Å². The van der Waals surface area contributed by atoms with Gasteiger partial charge in [-0.05, 0) is 40.3 Å². The summed E-state index contributed by atoms with van der Waals surface area (Å²) in [6, 6.07) is 3.58. The van der Waals surface area contributed by atoms with E-state index in [1.54, 1.807) is 0 Å². The summed E-state index contributed by atoms with van der Waals surface area (Å²) in [5, 5.41) is 0. The number of halogens is 4. The molecular weight excluding hydrogens is 292 g/mol. The molecule has 0 nitrogen and oxygen atoms in total. The average Bonchev–Trinajstić information content (AvgIpc) is 2.02. The molecule has 0 aromatic heterocycles. The minimum Gasteiger partial charge on any atom is -0.166 e. The molecule has 0 fully saturated rings. The van der Waals surface area contributed by atoms with Crippen molar-refractivity contribution in [2.75, 3.05) is 0 Å². The van der Waals surface area contributed by atoms with E-state index in [-0.39, 0.29) is 0 Å². The highest BCUT2D eigenvalue weighted by atomic mass is 127. The van der Waals surface area contributed by atoms with Crippen LogP contribution >= 0.6 is 22.6 Å². The molecular formula is C9H6F3I. The molecule has 1 rings (SSSR count). The summed E-state index contributed by atoms with van der Waals surface area (Å²) in [4.78, 5) is 0. The lowest BCUT2D eigenvalue weighted by Gasteiger charge is -2.07. The molecule has 0 aliphatic heterocycles. The Balaban J connectivity index is 3.17. The van der Waals surface area contributed by atoms with Gasteiger partial charge in [0.15, 0.2) is 0 Å². The highest BCUT2D eigenvalue weighted by molar-refractivity contribution is 14.1. The van der Waals surface area contributed by atoms with Gasteiger partial charge in [0.2, 0.25) is 0 Å². The van der Waals surface area contributed by atoms with Crippen molar-refractivity contribution in [1.29, 1.82) is 0 Å². The van der Waals surface area contributed by atoms with Crippen LogP contribution in [0.5, 0.6) is 0 Å². The number of hydrogen-bond donors (Lipinski definition) is 0. The minimum absolute atomic E-state index is 0.558. The second-order valence-corrected chi connectivity index (χ2v) is 3.60. The average molecular weight is 298 g/mol. The van der Waals surface area contributed by atoms with Gasteiger partial charge in [-0.2, -0.15) is 13.2 Å². The Bertz CT molecular complexity index is 328. The van der Waals surface area contributed by atoms with Gasteiger partial charge in [0.05, 0.1) is 5.56 Å². The number of rotatable bonds is 1. The van der Waals surface area contributed by atoms with E-state index < -0.39 is 11.7 Å². The van der Waals surface area contributed by atoms with Crippen molar-refractivity contribution >= 4 is 28.7 Å². The van der Waals surface area contributed by atoms with E-state index in [9.17, 15) is 13.2 Å². The third-order valence-corrected chi connectivity index (χ3v) is 2.48. The summed E-state index contributed by atoms with van der Waals surface area (Å²) in [6.45, 7) is 3.50. The van der Waals surface area contributed by atoms with Crippen LogP contribution in [0.4, 0.5) is 13.2 Å². The van der Waals surface area contributed by atoms with Crippen molar-refractivity contribution in [1.82, 2.24) is 0 Å². The molecule has 0 atom stereocenters. The molecule has 0 bridgehead atoms. The van der Waals surface area contributed by atoms with Gasteiger partial charge < -0.3 is 0 Å². The Kier molecular flexibility index (Phi) is 3.00. The molecule has 0 aliphatic rings. The summed E-state index contributed by atoms with van der Waals surface area (Å²) in [7, 11) is 0. The number of alkyl halides is 3. The molecule has 0 saturated carbocycles. The van der Waals surface area contributed by atoms with E-state index in [1.165, 1.54) is 12.1 Å². The summed E-state index contributed by atoms with van der Waals surface area (Å²) < 4.78 is 37.1. The van der Waals surface area contributed by atoms with Crippen LogP contribution in [0.15, 0.2) is 24.8 Å². The first-order valence-electron chi connectivity index (χ1n) is 3.44. The van der Waals surface area contributed by atoms with Crippen molar-refractivity contribution in [2.24, 2.45) is 0 Å². The highest BCUT2D eigenvalue weighted by Gasteiger charge is 2.30. The molecule has 70 valence electrons. The second kappa shape index (κ2) is 3.69. The van der Waals surface area contributed by atoms with Gasteiger partial charge in [0.25, 0.3) is 0 Å². The predicted octanol–water partition coefficient (Wildman–Crippen LogP) is 3.95. The summed E-state index contributed by atoms with van der Waals surface area (Å²) in [6.07, 6.45) is -2.73. The third-order valence-electron chi connectivity index (χ3n) is 1.55. The van der Waals surface area contributed by atoms with Crippen LogP contribution in [-0.2, 0) is 6.18 Å². The molecule has 1 aromatic rings. The van der Waals surface area contributed by atoms with Gasteiger partial charge in [-0.1, -0.05) is 18.7 Å². The van der Waals surface area contributed by atoms with E-state index in [2.05, 4.69) is 6.58 Å². The van der Waals surface area contributed by atoms with Crippen molar-refractivity contribution in [3.63, 3.8) is 0 Å². The molecule has 1 aromatic carbocycles. The largest absolute Gasteiger partial charge is 0.416 e. The van der Waals surface area contributed by atoms with Crippen molar-refractivity contribution in [2.45, 2.75) is 6.18 Å². The molecule has 0 heterocycles. The van der Waals surface area contributed by atoms with Crippen LogP contribution in [0, 0.1) is 3.57 Å². The maximum Gasteiger partial charge on any atom is 0.416 e. The Morgan fingerprint density at radius 2 is 1.92 bits per heavy atom. The van der Waals surface area contributed by atoms with Gasteiger partial charge in [-0.25, -0.2) is 0 Å². The molecule has 0 N–H and O–H groups in total. The molecule has 0 saturated heterocycles. The minimum atomic E-state index is -4.26. The second-order valence-electron chi connectivity index (χ2n) is 2.44. The maximum atomic E-state index is 12.2. The Morgan fingerprint density at radius 3 is 2.31 bits per heavy atom. The van der Waals surface area contributed by atoms with Gasteiger partial charge in [-0.3, -0.25) is 0 Å². The molecule has 0 unspecified atom stereocenters. The fourth-order valence-corrected chi connectivity index (χ4v) is 1.60. The van der Waals surface area contributed by atoms with E-state index in [0.29, 0.717) is 9.13 Å². The van der Waals surface area contributed by atoms with Gasteiger partial charge in [0, 0.05) is 3.57 Å². The summed E-state index contributed by atoms with van der Waals surface area (Å²) in [5.41, 5.74) is 0.0936. The lowest BCUT2D eigenvalue weighted by atomic mass is 10.1. The number of benzene rings is 1. The number of hydrogen-bond acceptors (Lipinski definition) is 0. The maximum absolute atomic E-state index is 12.2. The Hall–Kier alpha value is -0.520. The molecule has 0 radical (unpaired) electrons. The highest BCUT2D eigenvalue weighted by Crippen LogP contribution is 2.31. The Morgan fingerprint density at radius 1 is 1.31 bits per heavy atom. The first-order chi connectivity index (χ1) is 5.95. The molecule has 13 heavy (non-hydrogen) atoms. The zero-order chi connectivity index (χ0) is 10.1. The summed E-state index contributed by atoms with van der Waals surface area (Å²) in [5.74, 6) is 0. The fraction of sp³-hybridized carbons (Fsp3) is 0.111. The van der Waals surface area contributed by atoms with Crippen LogP contribution in [0.3, 0.4) is 0 Å². The topological polar surface area (TPSA) is 0 Å². The molecule has 4 heteroatoms. The molecule has 0 aliphatic carbocycles. The van der Waals surface area contributed by atoms with Crippen molar-refractivity contribution in [3.8, 4) is 0 Å². The van der Waals surface area contributed by atoms with E-state index >= 15 is 0 Å². The van der Waals surface area contributed by atoms with Crippen LogP contribution < -0.4 is 0 Å². The first-order valence-corrected chi connectivity index (χ1v) is 4.52. The lowest BCUT2D eigenvalue weighted by molar-refractivity contribution is -0.137. The normalized spacial score (nSPS) is 11.4. The van der Waals surface area contributed by atoms with Crippen LogP contribution in [0.2, 0.25) is 0 Å². The van der Waals surface area contributed by atoms with Gasteiger partial charge in [0.1, 0.15) is 0 Å². The standard InChI is InChI=1S/C9H6F3I/c1-2-6-3-4-7(5-8(6)13)9(10,11)12/h2-5H,1H2. The van der Waals surface area contributed by atoms with E-state index in [4.69, 9.17) is 0 Å². The third kappa shape index (κ3) is 2.46. The zero-order valence-electron chi connectivity index (χ0n) is 6.53. The quantitative estimate of drug-likeness (QED) is 0.689. The van der Waals surface area contributed by atoms with Gasteiger partial charge >= 0.3 is 6.18 Å². The van der Waals surface area contributed by atoms with Crippen molar-refractivity contribution in [3.05, 3.63) is 39.5 Å².